The lowest BCUT2D eigenvalue weighted by atomic mass is 10.1. The van der Waals surface area contributed by atoms with Gasteiger partial charge in [0.25, 0.3) is 5.69 Å². The van der Waals surface area contributed by atoms with Crippen LogP contribution in [0.25, 0.3) is 0 Å². The fourth-order valence-corrected chi connectivity index (χ4v) is 1.99. The fourth-order valence-electron chi connectivity index (χ4n) is 1.99. The van der Waals surface area contributed by atoms with Gasteiger partial charge in [0.15, 0.2) is 5.84 Å². The molecular weight excluding hydrogens is 276 g/mol. The van der Waals surface area contributed by atoms with Crippen LogP contribution in [0, 0.1) is 10.1 Å². The summed E-state index contributed by atoms with van der Waals surface area (Å²) in [6.07, 6.45) is 0. The second-order valence-corrected chi connectivity index (χ2v) is 5.27. The molecule has 0 heterocycles. The number of anilines is 1. The first-order valence-electron chi connectivity index (χ1n) is 6.43. The van der Waals surface area contributed by atoms with Crippen molar-refractivity contribution in [1.29, 1.82) is 0 Å². The number of nitro groups is 1. The number of benzene rings is 1. The lowest BCUT2D eigenvalue weighted by molar-refractivity contribution is -0.384. The number of nitrogens with two attached hydrogens (primary N) is 1. The van der Waals surface area contributed by atoms with Gasteiger partial charge in [-0.1, -0.05) is 5.16 Å². The molecule has 0 aromatic heterocycles. The van der Waals surface area contributed by atoms with E-state index in [0.29, 0.717) is 12.2 Å². The highest BCUT2D eigenvalue weighted by molar-refractivity contribution is 5.98. The quantitative estimate of drug-likeness (QED) is 0.239. The second kappa shape index (κ2) is 6.40. The van der Waals surface area contributed by atoms with Gasteiger partial charge in [-0.3, -0.25) is 10.1 Å². The van der Waals surface area contributed by atoms with Gasteiger partial charge < -0.3 is 20.9 Å². The Morgan fingerprint density at radius 2 is 2.14 bits per heavy atom. The third-order valence-electron chi connectivity index (χ3n) is 2.88. The molecule has 116 valence electrons. The Kier molecular flexibility index (Phi) is 5.09. The Balaban J connectivity index is 3.31. The van der Waals surface area contributed by atoms with E-state index in [9.17, 15) is 15.2 Å². The minimum Gasteiger partial charge on any atom is -0.409 e. The van der Waals surface area contributed by atoms with E-state index in [1.54, 1.807) is 18.7 Å². The monoisotopic (exact) mass is 296 g/mol. The van der Waals surface area contributed by atoms with E-state index in [2.05, 4.69) is 5.16 Å². The van der Waals surface area contributed by atoms with Crippen LogP contribution in [-0.4, -0.2) is 39.8 Å². The van der Waals surface area contributed by atoms with E-state index >= 15 is 0 Å². The van der Waals surface area contributed by atoms with Crippen LogP contribution in [0.2, 0.25) is 0 Å². The van der Waals surface area contributed by atoms with Gasteiger partial charge in [-0.2, -0.15) is 0 Å². The van der Waals surface area contributed by atoms with Crippen molar-refractivity contribution in [3.05, 3.63) is 33.9 Å². The van der Waals surface area contributed by atoms with Crippen molar-refractivity contribution in [2.45, 2.75) is 26.4 Å². The second-order valence-electron chi connectivity index (χ2n) is 5.27. The molecule has 1 aromatic rings. The van der Waals surface area contributed by atoms with Crippen LogP contribution in [-0.2, 0) is 0 Å². The Labute approximate surface area is 122 Å². The molecule has 0 aliphatic heterocycles. The first-order valence-corrected chi connectivity index (χ1v) is 6.43. The highest BCUT2D eigenvalue weighted by Crippen LogP contribution is 2.30. The summed E-state index contributed by atoms with van der Waals surface area (Å²) in [7, 11) is 0. The first-order chi connectivity index (χ1) is 9.69. The minimum atomic E-state index is -0.992. The van der Waals surface area contributed by atoms with Crippen LogP contribution in [0.5, 0.6) is 0 Å². The molecule has 0 saturated heterocycles. The number of rotatable bonds is 6. The maximum atomic E-state index is 11.2. The van der Waals surface area contributed by atoms with Gasteiger partial charge in [0, 0.05) is 24.7 Å². The largest absolute Gasteiger partial charge is 0.409 e. The van der Waals surface area contributed by atoms with E-state index < -0.39 is 10.5 Å². The number of oxime groups is 1. The summed E-state index contributed by atoms with van der Waals surface area (Å²) in [6.45, 7) is 5.84. The molecule has 0 spiro atoms. The number of aliphatic hydroxyl groups is 1. The number of hydrogen-bond acceptors (Lipinski definition) is 6. The topological polar surface area (TPSA) is 125 Å². The zero-order valence-electron chi connectivity index (χ0n) is 12.3. The third kappa shape index (κ3) is 4.32. The maximum absolute atomic E-state index is 11.2. The molecule has 1 aromatic carbocycles. The molecular formula is C13H20N4O4. The van der Waals surface area contributed by atoms with Gasteiger partial charge in [0.05, 0.1) is 10.5 Å². The number of likely N-dealkylation sites (N-methyl/N-ethyl adjacent to an activating group) is 1. The molecule has 1 rings (SSSR count). The van der Waals surface area contributed by atoms with Crippen molar-refractivity contribution in [2.75, 3.05) is 18.0 Å². The van der Waals surface area contributed by atoms with Gasteiger partial charge in [-0.05, 0) is 32.9 Å². The van der Waals surface area contributed by atoms with Crippen LogP contribution in [0.15, 0.2) is 23.4 Å². The van der Waals surface area contributed by atoms with Crippen molar-refractivity contribution in [3.63, 3.8) is 0 Å². The molecule has 0 radical (unpaired) electrons. The van der Waals surface area contributed by atoms with Crippen molar-refractivity contribution >= 4 is 17.2 Å². The molecule has 0 atom stereocenters. The molecule has 4 N–H and O–H groups in total. The lowest BCUT2D eigenvalue weighted by Crippen LogP contribution is -2.38. The van der Waals surface area contributed by atoms with Crippen LogP contribution >= 0.6 is 0 Å². The molecule has 0 aliphatic rings. The molecule has 0 amide bonds. The lowest BCUT2D eigenvalue weighted by Gasteiger charge is -2.29. The number of nitrogens with zero attached hydrogens (tertiary/aromatic N) is 3. The van der Waals surface area contributed by atoms with Crippen LogP contribution in [0.1, 0.15) is 26.3 Å². The summed E-state index contributed by atoms with van der Waals surface area (Å²) in [4.78, 5) is 12.4. The molecule has 0 bridgehead atoms. The summed E-state index contributed by atoms with van der Waals surface area (Å²) in [5.41, 5.74) is 4.92. The zero-order valence-corrected chi connectivity index (χ0v) is 12.3. The first kappa shape index (κ1) is 16.7. The van der Waals surface area contributed by atoms with Crippen molar-refractivity contribution < 1.29 is 15.2 Å². The van der Waals surface area contributed by atoms with Crippen LogP contribution < -0.4 is 10.6 Å². The van der Waals surface area contributed by atoms with Crippen molar-refractivity contribution in [2.24, 2.45) is 10.9 Å². The third-order valence-corrected chi connectivity index (χ3v) is 2.88. The van der Waals surface area contributed by atoms with Crippen molar-refractivity contribution in [3.8, 4) is 0 Å². The molecule has 0 unspecified atom stereocenters. The average molecular weight is 296 g/mol. The number of amidine groups is 1. The van der Waals surface area contributed by atoms with Gasteiger partial charge in [0.2, 0.25) is 0 Å². The van der Waals surface area contributed by atoms with Crippen molar-refractivity contribution in [1.82, 2.24) is 0 Å². The SMILES string of the molecule is CCN(CC(C)(C)O)c1ccc(C(N)=NO)cc1[N+](=O)[O-]. The Hall–Kier alpha value is -2.35. The predicted octanol–water partition coefficient (Wildman–Crippen LogP) is 1.29. The summed E-state index contributed by atoms with van der Waals surface area (Å²) in [5, 5.41) is 32.6. The van der Waals surface area contributed by atoms with E-state index in [4.69, 9.17) is 10.9 Å². The normalized spacial score (nSPS) is 12.3. The summed E-state index contributed by atoms with van der Waals surface area (Å²) >= 11 is 0. The number of hydrogen-bond donors (Lipinski definition) is 3. The average Bonchev–Trinajstić information content (AvgIpc) is 2.42. The summed E-state index contributed by atoms with van der Waals surface area (Å²) < 4.78 is 0. The van der Waals surface area contributed by atoms with E-state index in [1.165, 1.54) is 18.2 Å². The maximum Gasteiger partial charge on any atom is 0.293 e. The summed E-state index contributed by atoms with van der Waals surface area (Å²) in [5.74, 6) is -0.199. The van der Waals surface area contributed by atoms with Crippen LogP contribution in [0.3, 0.4) is 0 Å². The standard InChI is InChI=1S/C13H20N4O4/c1-4-16(8-13(2,3)18)10-6-5-9(12(14)15-19)7-11(10)17(20)21/h5-7,18-19H,4,8H2,1-3H3,(H2,14,15). The van der Waals surface area contributed by atoms with Gasteiger partial charge in [0.1, 0.15) is 5.69 Å². The molecule has 21 heavy (non-hydrogen) atoms. The molecule has 8 heteroatoms. The number of nitro benzene ring substituents is 1. The van der Waals surface area contributed by atoms with Gasteiger partial charge >= 0.3 is 0 Å². The van der Waals surface area contributed by atoms with Gasteiger partial charge in [-0.15, -0.1) is 0 Å². The molecule has 0 saturated carbocycles. The predicted molar refractivity (Wildman–Crippen MR) is 79.8 cm³/mol. The highest BCUT2D eigenvalue weighted by atomic mass is 16.6. The zero-order chi connectivity index (χ0) is 16.2. The van der Waals surface area contributed by atoms with Gasteiger partial charge in [-0.25, -0.2) is 0 Å². The fraction of sp³-hybridized carbons (Fsp3) is 0.462. The van der Waals surface area contributed by atoms with Crippen LogP contribution in [0.4, 0.5) is 11.4 Å². The molecule has 0 aliphatic carbocycles. The highest BCUT2D eigenvalue weighted by Gasteiger charge is 2.24. The Bertz CT molecular complexity index is 552. The minimum absolute atomic E-state index is 0.162. The molecule has 0 fully saturated rings. The van der Waals surface area contributed by atoms with E-state index in [1.807, 2.05) is 6.92 Å². The smallest absolute Gasteiger partial charge is 0.293 e. The van der Waals surface area contributed by atoms with E-state index in [-0.39, 0.29) is 23.6 Å². The van der Waals surface area contributed by atoms with E-state index in [0.717, 1.165) is 0 Å². The summed E-state index contributed by atoms with van der Waals surface area (Å²) in [6, 6.07) is 4.31. The molecule has 8 nitrogen and oxygen atoms in total. The Morgan fingerprint density at radius 1 is 1.52 bits per heavy atom. The Morgan fingerprint density at radius 3 is 2.57 bits per heavy atom.